The molecule has 0 unspecified atom stereocenters. The topological polar surface area (TPSA) is 94.4 Å². The number of nitro benzene ring substituents is 1. The van der Waals surface area contributed by atoms with E-state index in [4.69, 9.17) is 4.74 Å². The Bertz CT molecular complexity index is 805. The molecule has 0 aliphatic heterocycles. The van der Waals surface area contributed by atoms with Gasteiger partial charge in [0.1, 0.15) is 11.4 Å². The van der Waals surface area contributed by atoms with Crippen LogP contribution in [-0.2, 0) is 0 Å². The minimum Gasteiger partial charge on any atom is -0.493 e. The van der Waals surface area contributed by atoms with Gasteiger partial charge in [0.15, 0.2) is 5.52 Å². The number of carbonyl (C=O) groups is 1. The summed E-state index contributed by atoms with van der Waals surface area (Å²) in [6.45, 7) is 7.15. The standard InChI is InChI=1S/C20H27N3O4/c1-4-5-6-7-11-21-20(24)16-12-18(27-13-14(2)3)15-9-8-10-17(23(25)26)19(15)22-16/h8-10,12,14H,4-7,11,13H2,1-3H3,(H,21,24). The van der Waals surface area contributed by atoms with Crippen LogP contribution in [0.15, 0.2) is 24.3 Å². The summed E-state index contributed by atoms with van der Waals surface area (Å²) in [5, 5.41) is 14.7. The van der Waals surface area contributed by atoms with Crippen LogP contribution in [0.25, 0.3) is 10.9 Å². The van der Waals surface area contributed by atoms with Crippen molar-refractivity contribution in [2.75, 3.05) is 13.2 Å². The van der Waals surface area contributed by atoms with Crippen molar-refractivity contribution in [3.8, 4) is 5.75 Å². The molecule has 0 bridgehead atoms. The van der Waals surface area contributed by atoms with Crippen LogP contribution in [0.2, 0.25) is 0 Å². The Morgan fingerprint density at radius 1 is 1.30 bits per heavy atom. The van der Waals surface area contributed by atoms with Crippen LogP contribution < -0.4 is 10.1 Å². The predicted molar refractivity (Wildman–Crippen MR) is 105 cm³/mol. The average molecular weight is 373 g/mol. The number of hydrogen-bond acceptors (Lipinski definition) is 5. The van der Waals surface area contributed by atoms with E-state index < -0.39 is 4.92 Å². The number of hydrogen-bond donors (Lipinski definition) is 1. The molecule has 27 heavy (non-hydrogen) atoms. The van der Waals surface area contributed by atoms with Gasteiger partial charge in [0.2, 0.25) is 0 Å². The molecule has 0 aliphatic rings. The monoisotopic (exact) mass is 373 g/mol. The molecular formula is C20H27N3O4. The Morgan fingerprint density at radius 2 is 2.07 bits per heavy atom. The van der Waals surface area contributed by atoms with E-state index in [9.17, 15) is 14.9 Å². The third-order valence-electron chi connectivity index (χ3n) is 4.10. The maximum atomic E-state index is 12.5. The minimum atomic E-state index is -0.492. The molecule has 0 saturated heterocycles. The van der Waals surface area contributed by atoms with Gasteiger partial charge in [-0.3, -0.25) is 14.9 Å². The van der Waals surface area contributed by atoms with Gasteiger partial charge < -0.3 is 10.1 Å². The van der Waals surface area contributed by atoms with Crippen LogP contribution in [0.4, 0.5) is 5.69 Å². The molecule has 0 fully saturated rings. The van der Waals surface area contributed by atoms with E-state index in [1.54, 1.807) is 18.2 Å². The molecule has 2 rings (SSSR count). The van der Waals surface area contributed by atoms with E-state index >= 15 is 0 Å². The van der Waals surface area contributed by atoms with E-state index in [1.807, 2.05) is 13.8 Å². The maximum absolute atomic E-state index is 12.5. The summed E-state index contributed by atoms with van der Waals surface area (Å²) in [4.78, 5) is 27.6. The summed E-state index contributed by atoms with van der Waals surface area (Å²) in [5.41, 5.74) is 0.158. The number of rotatable bonds is 10. The van der Waals surface area contributed by atoms with Crippen LogP contribution >= 0.6 is 0 Å². The molecule has 7 heteroatoms. The molecule has 0 aliphatic carbocycles. The lowest BCUT2D eigenvalue weighted by molar-refractivity contribution is -0.383. The van der Waals surface area contributed by atoms with E-state index in [0.717, 1.165) is 25.7 Å². The van der Waals surface area contributed by atoms with Gasteiger partial charge in [-0.2, -0.15) is 0 Å². The SMILES string of the molecule is CCCCCCNC(=O)c1cc(OCC(C)C)c2cccc([N+](=O)[O-])c2n1. The van der Waals surface area contributed by atoms with Gasteiger partial charge in [-0.05, 0) is 18.4 Å². The second kappa shape index (κ2) is 9.85. The van der Waals surface area contributed by atoms with Gasteiger partial charge in [-0.15, -0.1) is 0 Å². The highest BCUT2D eigenvalue weighted by Gasteiger charge is 2.20. The van der Waals surface area contributed by atoms with Crippen LogP contribution in [0.3, 0.4) is 0 Å². The summed E-state index contributed by atoms with van der Waals surface area (Å²) in [7, 11) is 0. The number of benzene rings is 1. The average Bonchev–Trinajstić information content (AvgIpc) is 2.64. The highest BCUT2D eigenvalue weighted by molar-refractivity contribution is 5.99. The Hall–Kier alpha value is -2.70. The molecule has 2 aromatic rings. The van der Waals surface area contributed by atoms with E-state index in [1.165, 1.54) is 6.07 Å². The van der Waals surface area contributed by atoms with Crippen LogP contribution in [0.1, 0.15) is 56.9 Å². The van der Waals surface area contributed by atoms with Crippen LogP contribution in [0.5, 0.6) is 5.75 Å². The second-order valence-electron chi connectivity index (χ2n) is 6.96. The van der Waals surface area contributed by atoms with Gasteiger partial charge in [-0.25, -0.2) is 4.98 Å². The molecule has 146 valence electrons. The molecule has 1 N–H and O–H groups in total. The molecule has 0 atom stereocenters. The van der Waals surface area contributed by atoms with Crippen LogP contribution in [0, 0.1) is 16.0 Å². The Labute approximate surface area is 159 Å². The molecule has 1 amide bonds. The second-order valence-corrected chi connectivity index (χ2v) is 6.96. The highest BCUT2D eigenvalue weighted by Crippen LogP contribution is 2.31. The highest BCUT2D eigenvalue weighted by atomic mass is 16.6. The fraction of sp³-hybridized carbons (Fsp3) is 0.500. The lowest BCUT2D eigenvalue weighted by Gasteiger charge is -2.13. The lowest BCUT2D eigenvalue weighted by Crippen LogP contribution is -2.25. The quantitative estimate of drug-likeness (QED) is 0.376. The Balaban J connectivity index is 2.33. The first-order valence-corrected chi connectivity index (χ1v) is 9.43. The van der Waals surface area contributed by atoms with Crippen molar-refractivity contribution in [2.24, 2.45) is 5.92 Å². The molecule has 1 aromatic heterocycles. The third-order valence-corrected chi connectivity index (χ3v) is 4.10. The molecule has 7 nitrogen and oxygen atoms in total. The summed E-state index contributed by atoms with van der Waals surface area (Å²) in [6, 6.07) is 6.26. The molecular weight excluding hydrogens is 346 g/mol. The molecule has 0 spiro atoms. The van der Waals surface area contributed by atoms with Crippen molar-refractivity contribution in [3.63, 3.8) is 0 Å². The van der Waals surface area contributed by atoms with Gasteiger partial charge in [-0.1, -0.05) is 46.1 Å². The van der Waals surface area contributed by atoms with Crippen molar-refractivity contribution in [1.82, 2.24) is 10.3 Å². The smallest absolute Gasteiger partial charge is 0.295 e. The van der Waals surface area contributed by atoms with Gasteiger partial charge in [0.05, 0.1) is 11.5 Å². The Kier molecular flexibility index (Phi) is 7.52. The van der Waals surface area contributed by atoms with Crippen molar-refractivity contribution >= 4 is 22.5 Å². The van der Waals surface area contributed by atoms with E-state index in [-0.39, 0.29) is 28.7 Å². The number of unbranched alkanes of at least 4 members (excludes halogenated alkanes) is 3. The first kappa shape index (κ1) is 20.6. The molecule has 1 heterocycles. The number of non-ortho nitro benzene ring substituents is 1. The molecule has 0 radical (unpaired) electrons. The van der Waals surface area contributed by atoms with Crippen molar-refractivity contribution in [2.45, 2.75) is 46.5 Å². The normalized spacial score (nSPS) is 11.0. The lowest BCUT2D eigenvalue weighted by atomic mass is 10.1. The number of carbonyl (C=O) groups excluding carboxylic acids is 1. The number of nitrogens with zero attached hydrogens (tertiary/aromatic N) is 2. The van der Waals surface area contributed by atoms with Gasteiger partial charge >= 0.3 is 0 Å². The number of pyridine rings is 1. The summed E-state index contributed by atoms with van der Waals surface area (Å²) in [6.07, 6.45) is 4.20. The van der Waals surface area contributed by atoms with Crippen molar-refractivity contribution < 1.29 is 14.5 Å². The zero-order valence-electron chi connectivity index (χ0n) is 16.2. The number of aromatic nitrogens is 1. The largest absolute Gasteiger partial charge is 0.493 e. The number of nitrogens with one attached hydrogen (secondary N) is 1. The fourth-order valence-corrected chi connectivity index (χ4v) is 2.69. The van der Waals surface area contributed by atoms with Crippen molar-refractivity contribution in [1.29, 1.82) is 0 Å². The first-order valence-electron chi connectivity index (χ1n) is 9.43. The summed E-state index contributed by atoms with van der Waals surface area (Å²) >= 11 is 0. The molecule has 1 aromatic carbocycles. The summed E-state index contributed by atoms with van der Waals surface area (Å²) < 4.78 is 5.82. The van der Waals surface area contributed by atoms with Gasteiger partial charge in [0, 0.05) is 24.1 Å². The van der Waals surface area contributed by atoms with E-state index in [0.29, 0.717) is 24.3 Å². The maximum Gasteiger partial charge on any atom is 0.295 e. The molecule has 0 saturated carbocycles. The number of para-hydroxylation sites is 1. The van der Waals surface area contributed by atoms with Gasteiger partial charge in [0.25, 0.3) is 11.6 Å². The number of fused-ring (bicyclic) bond motifs is 1. The minimum absolute atomic E-state index is 0.131. The number of ether oxygens (including phenoxy) is 1. The Morgan fingerprint density at radius 3 is 2.74 bits per heavy atom. The van der Waals surface area contributed by atoms with E-state index in [2.05, 4.69) is 17.2 Å². The zero-order chi connectivity index (χ0) is 19.8. The van der Waals surface area contributed by atoms with Crippen LogP contribution in [-0.4, -0.2) is 29.0 Å². The number of nitro groups is 1. The zero-order valence-corrected chi connectivity index (χ0v) is 16.2. The van der Waals surface area contributed by atoms with Crippen molar-refractivity contribution in [3.05, 3.63) is 40.1 Å². The predicted octanol–water partition coefficient (Wildman–Crippen LogP) is 4.49. The third kappa shape index (κ3) is 5.64. The first-order chi connectivity index (χ1) is 12.9. The number of amides is 1. The fourth-order valence-electron chi connectivity index (χ4n) is 2.69. The summed E-state index contributed by atoms with van der Waals surface area (Å²) in [5.74, 6) is 0.372.